The number of hydrogen-bond acceptors (Lipinski definition) is 4. The number of fused-ring (bicyclic) bond motifs is 1. The number of nitro benzene ring substituents is 1. The first kappa shape index (κ1) is 17.1. The molecule has 0 fully saturated rings. The van der Waals surface area contributed by atoms with Crippen molar-refractivity contribution in [1.29, 1.82) is 0 Å². The fourth-order valence-electron chi connectivity index (χ4n) is 2.17. The zero-order valence-corrected chi connectivity index (χ0v) is 13.0. The van der Waals surface area contributed by atoms with Gasteiger partial charge in [0, 0.05) is 23.8 Å². The van der Waals surface area contributed by atoms with Gasteiger partial charge in [0.15, 0.2) is 0 Å². The number of nitro groups is 1. The summed E-state index contributed by atoms with van der Waals surface area (Å²) in [5, 5.41) is 10.8. The summed E-state index contributed by atoms with van der Waals surface area (Å²) in [6.45, 7) is 0. The Labute approximate surface area is 144 Å². The van der Waals surface area contributed by atoms with Crippen LogP contribution in [0.1, 0.15) is 5.56 Å². The Balaban J connectivity index is 1.86. The summed E-state index contributed by atoms with van der Waals surface area (Å²) in [4.78, 5) is 10.1. The fraction of sp³-hybridized carbons (Fsp3) is 0.125. The smallest absolute Gasteiger partial charge is 0.429 e. The molecule has 0 amide bonds. The van der Waals surface area contributed by atoms with Crippen LogP contribution in [0.4, 0.5) is 18.9 Å². The summed E-state index contributed by atoms with van der Waals surface area (Å²) in [5.74, 6) is 0.294. The molecule has 2 aromatic carbocycles. The third kappa shape index (κ3) is 3.69. The van der Waals surface area contributed by atoms with Crippen molar-refractivity contribution in [2.45, 2.75) is 12.3 Å². The van der Waals surface area contributed by atoms with Crippen LogP contribution in [0.5, 0.6) is 17.2 Å². The van der Waals surface area contributed by atoms with E-state index in [9.17, 15) is 23.3 Å². The van der Waals surface area contributed by atoms with Gasteiger partial charge in [-0.2, -0.15) is 13.2 Å². The minimum absolute atomic E-state index is 0.0221. The number of benzene rings is 2. The van der Waals surface area contributed by atoms with Gasteiger partial charge in [-0.05, 0) is 24.3 Å². The summed E-state index contributed by atoms with van der Waals surface area (Å²) in [6, 6.07) is 7.85. The molecule has 0 bridgehead atoms. The van der Waals surface area contributed by atoms with E-state index in [4.69, 9.17) is 21.1 Å². The lowest BCUT2D eigenvalue weighted by Crippen LogP contribution is -2.33. The minimum Gasteiger partial charge on any atom is -0.476 e. The van der Waals surface area contributed by atoms with Gasteiger partial charge in [0.1, 0.15) is 17.2 Å². The Hall–Kier alpha value is -2.74. The van der Waals surface area contributed by atoms with Crippen LogP contribution in [-0.2, 0) is 0 Å². The monoisotopic (exact) mass is 371 g/mol. The Kier molecular flexibility index (Phi) is 4.30. The molecule has 1 atom stereocenters. The van der Waals surface area contributed by atoms with Gasteiger partial charge in [-0.1, -0.05) is 17.7 Å². The molecule has 0 spiro atoms. The maximum Gasteiger partial charge on any atom is 0.429 e. The van der Waals surface area contributed by atoms with Gasteiger partial charge in [-0.3, -0.25) is 10.1 Å². The Morgan fingerprint density at radius 1 is 1.20 bits per heavy atom. The first-order valence-corrected chi connectivity index (χ1v) is 7.29. The predicted molar refractivity (Wildman–Crippen MR) is 84.1 cm³/mol. The molecule has 0 radical (unpaired) electrons. The average Bonchev–Trinajstić information content (AvgIpc) is 2.54. The molecule has 0 aliphatic carbocycles. The minimum atomic E-state index is -4.53. The number of ether oxygens (including phenoxy) is 2. The van der Waals surface area contributed by atoms with Crippen LogP contribution < -0.4 is 9.47 Å². The number of nitrogens with zero attached hydrogens (tertiary/aromatic N) is 1. The second kappa shape index (κ2) is 6.29. The molecule has 5 nitrogen and oxygen atoms in total. The van der Waals surface area contributed by atoms with Crippen LogP contribution in [0, 0.1) is 10.1 Å². The number of halogens is 4. The molecule has 3 rings (SSSR count). The Morgan fingerprint density at radius 2 is 1.88 bits per heavy atom. The average molecular weight is 372 g/mol. The van der Waals surface area contributed by atoms with E-state index >= 15 is 0 Å². The summed E-state index contributed by atoms with van der Waals surface area (Å²) < 4.78 is 48.8. The highest BCUT2D eigenvalue weighted by atomic mass is 35.5. The quantitative estimate of drug-likeness (QED) is 0.537. The van der Waals surface area contributed by atoms with Crippen molar-refractivity contribution < 1.29 is 27.6 Å². The number of rotatable bonds is 3. The van der Waals surface area contributed by atoms with E-state index in [1.165, 1.54) is 42.5 Å². The van der Waals surface area contributed by atoms with Gasteiger partial charge in [-0.25, -0.2) is 0 Å². The number of alkyl halides is 3. The van der Waals surface area contributed by atoms with Crippen molar-refractivity contribution in [3.8, 4) is 17.2 Å². The molecule has 1 aliphatic rings. The van der Waals surface area contributed by atoms with Crippen LogP contribution in [0.25, 0.3) is 6.08 Å². The molecule has 1 unspecified atom stereocenters. The molecular formula is C16H9ClF3NO4. The maximum atomic E-state index is 12.8. The third-order valence-electron chi connectivity index (χ3n) is 3.37. The van der Waals surface area contributed by atoms with E-state index in [0.717, 1.165) is 6.08 Å². The van der Waals surface area contributed by atoms with E-state index in [-0.39, 0.29) is 28.0 Å². The van der Waals surface area contributed by atoms with E-state index in [2.05, 4.69) is 0 Å². The molecule has 9 heteroatoms. The molecule has 0 aromatic heterocycles. The molecule has 25 heavy (non-hydrogen) atoms. The Morgan fingerprint density at radius 3 is 2.48 bits per heavy atom. The van der Waals surface area contributed by atoms with E-state index in [1.807, 2.05) is 0 Å². The van der Waals surface area contributed by atoms with E-state index in [0.29, 0.717) is 5.56 Å². The lowest BCUT2D eigenvalue weighted by Gasteiger charge is -2.24. The lowest BCUT2D eigenvalue weighted by molar-refractivity contribution is -0.384. The standard InChI is InChI=1S/C16H9ClF3NO4/c17-12-7-9-1-6-15(16(18,19)20)25-13(9)8-14(12)24-11-4-2-10(3-5-11)21(22)23/h1-8,15H. The van der Waals surface area contributed by atoms with Crippen molar-refractivity contribution in [2.75, 3.05) is 0 Å². The first-order chi connectivity index (χ1) is 11.7. The molecule has 2 aromatic rings. The highest BCUT2D eigenvalue weighted by molar-refractivity contribution is 6.32. The van der Waals surface area contributed by atoms with Crippen molar-refractivity contribution in [3.05, 3.63) is 63.2 Å². The van der Waals surface area contributed by atoms with Crippen LogP contribution in [0.15, 0.2) is 42.5 Å². The SMILES string of the molecule is O=[N+]([O-])c1ccc(Oc2cc3c(cc2Cl)C=CC(C(F)(F)F)O3)cc1. The molecule has 0 saturated carbocycles. The van der Waals surface area contributed by atoms with Gasteiger partial charge in [-0.15, -0.1) is 0 Å². The molecule has 130 valence electrons. The molecule has 0 saturated heterocycles. The third-order valence-corrected chi connectivity index (χ3v) is 3.66. The summed E-state index contributed by atoms with van der Waals surface area (Å²) in [7, 11) is 0. The molecule has 1 aliphatic heterocycles. The van der Waals surface area contributed by atoms with Crippen LogP contribution in [0.3, 0.4) is 0 Å². The highest BCUT2D eigenvalue weighted by Crippen LogP contribution is 2.40. The molecule has 0 N–H and O–H groups in total. The topological polar surface area (TPSA) is 61.6 Å². The van der Waals surface area contributed by atoms with Crippen molar-refractivity contribution >= 4 is 23.4 Å². The van der Waals surface area contributed by atoms with Gasteiger partial charge in [0.2, 0.25) is 6.10 Å². The second-order valence-corrected chi connectivity index (χ2v) is 5.52. The fourth-order valence-corrected chi connectivity index (χ4v) is 2.38. The Bertz CT molecular complexity index is 850. The first-order valence-electron chi connectivity index (χ1n) is 6.91. The van der Waals surface area contributed by atoms with Gasteiger partial charge < -0.3 is 9.47 Å². The van der Waals surface area contributed by atoms with Crippen molar-refractivity contribution in [3.63, 3.8) is 0 Å². The summed E-state index contributed by atoms with van der Waals surface area (Å²) >= 11 is 6.07. The van der Waals surface area contributed by atoms with Gasteiger partial charge in [0.25, 0.3) is 5.69 Å². The second-order valence-electron chi connectivity index (χ2n) is 5.11. The van der Waals surface area contributed by atoms with Crippen LogP contribution in [-0.4, -0.2) is 17.2 Å². The van der Waals surface area contributed by atoms with Crippen LogP contribution >= 0.6 is 11.6 Å². The largest absolute Gasteiger partial charge is 0.476 e. The lowest BCUT2D eigenvalue weighted by atomic mass is 10.1. The van der Waals surface area contributed by atoms with Crippen molar-refractivity contribution in [2.24, 2.45) is 0 Å². The van der Waals surface area contributed by atoms with Gasteiger partial charge >= 0.3 is 6.18 Å². The van der Waals surface area contributed by atoms with Crippen LogP contribution in [0.2, 0.25) is 5.02 Å². The van der Waals surface area contributed by atoms with E-state index < -0.39 is 17.2 Å². The zero-order valence-electron chi connectivity index (χ0n) is 12.3. The number of non-ortho nitro benzene ring substituents is 1. The maximum absolute atomic E-state index is 12.8. The summed E-state index contributed by atoms with van der Waals surface area (Å²) in [5.41, 5.74) is 0.270. The number of hydrogen-bond donors (Lipinski definition) is 0. The highest BCUT2D eigenvalue weighted by Gasteiger charge is 2.41. The summed E-state index contributed by atoms with van der Waals surface area (Å²) in [6.07, 6.45) is -4.41. The van der Waals surface area contributed by atoms with Crippen molar-refractivity contribution in [1.82, 2.24) is 0 Å². The van der Waals surface area contributed by atoms with E-state index in [1.54, 1.807) is 0 Å². The van der Waals surface area contributed by atoms with Gasteiger partial charge in [0.05, 0.1) is 9.95 Å². The zero-order chi connectivity index (χ0) is 18.2. The predicted octanol–water partition coefficient (Wildman–Crippen LogP) is 5.38. The molecular weight excluding hydrogens is 363 g/mol. The normalized spacial score (nSPS) is 16.1. The molecule has 1 heterocycles.